The zero-order valence-corrected chi connectivity index (χ0v) is 15.5. The van der Waals surface area contributed by atoms with E-state index in [1.165, 1.54) is 58.5 Å². The first kappa shape index (κ1) is 21.2. The fourth-order valence-electron chi connectivity index (χ4n) is 2.49. The first-order valence-corrected chi connectivity index (χ1v) is 9.17. The van der Waals surface area contributed by atoms with Crippen LogP contribution in [0.25, 0.3) is 0 Å². The summed E-state index contributed by atoms with van der Waals surface area (Å²) in [5.74, 6) is -0.0912. The maximum atomic E-state index is 10.9. The number of esters is 1. The Kier molecular flexibility index (Phi) is 13.3. The molecule has 0 aliphatic carbocycles. The van der Waals surface area contributed by atoms with E-state index in [0.717, 1.165) is 19.3 Å². The van der Waals surface area contributed by atoms with Gasteiger partial charge in [-0.05, 0) is 43.9 Å². The normalized spacial score (nSPS) is 12.0. The van der Waals surface area contributed by atoms with Crippen LogP contribution in [-0.2, 0) is 9.53 Å². The maximum Gasteiger partial charge on any atom is 0.305 e. The molecule has 22 heavy (non-hydrogen) atoms. The Labute approximate surface area is 138 Å². The van der Waals surface area contributed by atoms with Gasteiger partial charge in [0.2, 0.25) is 0 Å². The number of hydrogen-bond acceptors (Lipinski definition) is 2. The molecule has 0 aromatic rings. The number of unbranched alkanes of at least 4 members (excludes halogenated alkanes) is 8. The lowest BCUT2D eigenvalue weighted by molar-refractivity contribution is -0.140. The third-order valence-electron chi connectivity index (χ3n) is 3.94. The molecule has 0 saturated heterocycles. The van der Waals surface area contributed by atoms with Crippen LogP contribution in [0.4, 0.5) is 0 Å². The SMILES string of the molecule is COC(=O)CCCC/C=C\CCCCCCCCC(C)(C)C. The van der Waals surface area contributed by atoms with Gasteiger partial charge in [0.15, 0.2) is 0 Å². The Morgan fingerprint density at radius 3 is 1.86 bits per heavy atom. The zero-order valence-electron chi connectivity index (χ0n) is 15.5. The lowest BCUT2D eigenvalue weighted by Gasteiger charge is -2.17. The van der Waals surface area contributed by atoms with Crippen molar-refractivity contribution in [2.45, 2.75) is 97.8 Å². The molecule has 0 N–H and O–H groups in total. The van der Waals surface area contributed by atoms with Crippen molar-refractivity contribution in [3.63, 3.8) is 0 Å². The summed E-state index contributed by atoms with van der Waals surface area (Å²) in [5, 5.41) is 0. The van der Waals surface area contributed by atoms with Gasteiger partial charge in [-0.2, -0.15) is 0 Å². The molecule has 0 bridgehead atoms. The van der Waals surface area contributed by atoms with Gasteiger partial charge in [-0.1, -0.05) is 65.0 Å². The number of hydrogen-bond donors (Lipinski definition) is 0. The summed E-state index contributed by atoms with van der Waals surface area (Å²) in [6.45, 7) is 6.98. The molecular formula is C20H38O2. The van der Waals surface area contributed by atoms with Crippen molar-refractivity contribution in [3.05, 3.63) is 12.2 Å². The second kappa shape index (κ2) is 13.8. The van der Waals surface area contributed by atoms with Crippen molar-refractivity contribution in [2.24, 2.45) is 5.41 Å². The molecule has 0 unspecified atom stereocenters. The molecule has 0 aromatic carbocycles. The molecule has 130 valence electrons. The third kappa shape index (κ3) is 17.3. The van der Waals surface area contributed by atoms with Crippen LogP contribution in [0.15, 0.2) is 12.2 Å². The molecule has 0 radical (unpaired) electrons. The minimum atomic E-state index is -0.0912. The summed E-state index contributed by atoms with van der Waals surface area (Å²) in [4.78, 5) is 10.9. The van der Waals surface area contributed by atoms with Crippen molar-refractivity contribution < 1.29 is 9.53 Å². The molecule has 0 atom stereocenters. The average Bonchev–Trinajstić information content (AvgIpc) is 2.46. The van der Waals surface area contributed by atoms with Crippen LogP contribution in [0.1, 0.15) is 97.8 Å². The van der Waals surface area contributed by atoms with E-state index in [4.69, 9.17) is 0 Å². The Hall–Kier alpha value is -0.790. The van der Waals surface area contributed by atoms with E-state index in [9.17, 15) is 4.79 Å². The second-order valence-electron chi connectivity index (χ2n) is 7.51. The van der Waals surface area contributed by atoms with Gasteiger partial charge in [0, 0.05) is 6.42 Å². The Morgan fingerprint density at radius 2 is 1.32 bits per heavy atom. The molecule has 0 aromatic heterocycles. The van der Waals surface area contributed by atoms with Gasteiger partial charge in [-0.25, -0.2) is 0 Å². The highest BCUT2D eigenvalue weighted by molar-refractivity contribution is 5.68. The van der Waals surface area contributed by atoms with E-state index >= 15 is 0 Å². The molecule has 0 fully saturated rings. The van der Waals surface area contributed by atoms with Crippen LogP contribution in [-0.4, -0.2) is 13.1 Å². The Bertz CT molecular complexity index is 287. The topological polar surface area (TPSA) is 26.3 Å². The van der Waals surface area contributed by atoms with Crippen LogP contribution < -0.4 is 0 Å². The van der Waals surface area contributed by atoms with Crippen LogP contribution >= 0.6 is 0 Å². The second-order valence-corrected chi connectivity index (χ2v) is 7.51. The van der Waals surface area contributed by atoms with Gasteiger partial charge >= 0.3 is 5.97 Å². The molecule has 0 aliphatic rings. The van der Waals surface area contributed by atoms with E-state index in [1.54, 1.807) is 0 Å². The zero-order chi connectivity index (χ0) is 16.7. The summed E-state index contributed by atoms with van der Waals surface area (Å²) < 4.78 is 4.62. The van der Waals surface area contributed by atoms with E-state index in [2.05, 4.69) is 37.7 Å². The predicted molar refractivity (Wildman–Crippen MR) is 96.0 cm³/mol. The molecule has 0 heterocycles. The van der Waals surface area contributed by atoms with Crippen molar-refractivity contribution in [1.82, 2.24) is 0 Å². The van der Waals surface area contributed by atoms with Gasteiger partial charge in [0.05, 0.1) is 7.11 Å². The molecule has 0 aliphatic heterocycles. The van der Waals surface area contributed by atoms with E-state index < -0.39 is 0 Å². The summed E-state index contributed by atoms with van der Waals surface area (Å²) in [7, 11) is 1.45. The van der Waals surface area contributed by atoms with Crippen LogP contribution in [0.3, 0.4) is 0 Å². The highest BCUT2D eigenvalue weighted by atomic mass is 16.5. The molecule has 0 saturated carbocycles. The van der Waals surface area contributed by atoms with Gasteiger partial charge in [0.1, 0.15) is 0 Å². The third-order valence-corrected chi connectivity index (χ3v) is 3.94. The van der Waals surface area contributed by atoms with Gasteiger partial charge in [-0.3, -0.25) is 4.79 Å². The monoisotopic (exact) mass is 310 g/mol. The summed E-state index contributed by atoms with van der Waals surface area (Å²) in [6, 6.07) is 0. The molecule has 0 spiro atoms. The highest BCUT2D eigenvalue weighted by Crippen LogP contribution is 2.22. The quantitative estimate of drug-likeness (QED) is 0.222. The summed E-state index contributed by atoms with van der Waals surface area (Å²) >= 11 is 0. The summed E-state index contributed by atoms with van der Waals surface area (Å²) in [6.07, 6.45) is 19.0. The number of allylic oxidation sites excluding steroid dienone is 2. The van der Waals surface area contributed by atoms with Crippen molar-refractivity contribution in [1.29, 1.82) is 0 Å². The van der Waals surface area contributed by atoms with Crippen molar-refractivity contribution >= 4 is 5.97 Å². The average molecular weight is 311 g/mol. The number of methoxy groups -OCH3 is 1. The number of rotatable bonds is 13. The van der Waals surface area contributed by atoms with Gasteiger partial charge in [0.25, 0.3) is 0 Å². The van der Waals surface area contributed by atoms with Gasteiger partial charge < -0.3 is 4.74 Å². The number of carbonyl (C=O) groups excluding carboxylic acids is 1. The van der Waals surface area contributed by atoms with Crippen molar-refractivity contribution in [2.75, 3.05) is 7.11 Å². The molecule has 0 amide bonds. The molecule has 0 rings (SSSR count). The van der Waals surface area contributed by atoms with E-state index in [1.807, 2.05) is 0 Å². The number of ether oxygens (including phenoxy) is 1. The standard InChI is InChI=1S/C20H38O2/c1-20(2,3)18-16-14-12-10-8-6-5-7-9-11-13-15-17-19(21)22-4/h7,9H,5-6,8,10-18H2,1-4H3/b9-7-. The first-order chi connectivity index (χ1) is 10.5. The minimum Gasteiger partial charge on any atom is -0.469 e. The van der Waals surface area contributed by atoms with Crippen LogP contribution in [0.5, 0.6) is 0 Å². The van der Waals surface area contributed by atoms with Crippen LogP contribution in [0.2, 0.25) is 0 Å². The Morgan fingerprint density at radius 1 is 0.818 bits per heavy atom. The largest absolute Gasteiger partial charge is 0.469 e. The Balaban J connectivity index is 3.19. The molecule has 2 heteroatoms. The maximum absolute atomic E-state index is 10.9. The minimum absolute atomic E-state index is 0.0912. The first-order valence-electron chi connectivity index (χ1n) is 9.17. The summed E-state index contributed by atoms with van der Waals surface area (Å²) in [5.41, 5.74) is 0.502. The number of carbonyl (C=O) groups is 1. The fourth-order valence-corrected chi connectivity index (χ4v) is 2.49. The fraction of sp³-hybridized carbons (Fsp3) is 0.850. The lowest BCUT2D eigenvalue weighted by Crippen LogP contribution is -2.03. The highest BCUT2D eigenvalue weighted by Gasteiger charge is 2.08. The van der Waals surface area contributed by atoms with E-state index in [-0.39, 0.29) is 5.97 Å². The molecular weight excluding hydrogens is 272 g/mol. The lowest BCUT2D eigenvalue weighted by atomic mass is 9.89. The molecule has 2 nitrogen and oxygen atoms in total. The smallest absolute Gasteiger partial charge is 0.305 e. The van der Waals surface area contributed by atoms with Crippen molar-refractivity contribution in [3.8, 4) is 0 Å². The predicted octanol–water partition coefficient (Wildman–Crippen LogP) is 6.44. The van der Waals surface area contributed by atoms with E-state index in [0.29, 0.717) is 11.8 Å². The van der Waals surface area contributed by atoms with Gasteiger partial charge in [-0.15, -0.1) is 0 Å². The van der Waals surface area contributed by atoms with Crippen LogP contribution in [0, 0.1) is 5.41 Å².